The van der Waals surface area contributed by atoms with Gasteiger partial charge in [0.2, 0.25) is 5.78 Å². The van der Waals surface area contributed by atoms with Crippen LogP contribution in [-0.4, -0.2) is 27.7 Å². The molecule has 4 nitrogen and oxygen atoms in total. The van der Waals surface area contributed by atoms with Crippen LogP contribution >= 0.6 is 11.3 Å². The van der Waals surface area contributed by atoms with E-state index in [1.165, 1.54) is 11.3 Å². The van der Waals surface area contributed by atoms with Crippen LogP contribution in [0.15, 0.2) is 53.1 Å². The van der Waals surface area contributed by atoms with Crippen LogP contribution in [0.25, 0.3) is 0 Å². The fraction of sp³-hybridized carbons (Fsp3) is 0.333. The highest BCUT2D eigenvalue weighted by Crippen LogP contribution is 2.43. The van der Waals surface area contributed by atoms with E-state index in [4.69, 9.17) is 0 Å². The molecule has 1 N–H and O–H groups in total. The predicted molar refractivity (Wildman–Crippen MR) is 101 cm³/mol. The molecule has 1 fully saturated rings. The lowest BCUT2D eigenvalue weighted by atomic mass is 9.93. The van der Waals surface area contributed by atoms with Crippen molar-refractivity contribution in [1.29, 1.82) is 0 Å². The number of aryl methyl sites for hydroxylation is 1. The molecule has 1 aromatic carbocycles. The first-order valence-corrected chi connectivity index (χ1v) is 9.86. The highest BCUT2D eigenvalue weighted by molar-refractivity contribution is 7.12. The van der Waals surface area contributed by atoms with E-state index in [1.54, 1.807) is 11.0 Å². The zero-order valence-corrected chi connectivity index (χ0v) is 15.5. The second kappa shape index (κ2) is 6.72. The maximum atomic E-state index is 13.1. The molecule has 0 radical (unpaired) electrons. The van der Waals surface area contributed by atoms with Gasteiger partial charge in [-0.2, -0.15) is 0 Å². The fourth-order valence-electron chi connectivity index (χ4n) is 4.12. The van der Waals surface area contributed by atoms with Crippen LogP contribution in [0.2, 0.25) is 0 Å². The molecule has 5 heteroatoms. The van der Waals surface area contributed by atoms with Crippen LogP contribution in [0.3, 0.4) is 0 Å². The SMILES string of the molecule is Cc1cccc(C2C(C(=O)c3cccs3)=C(O)C(=O)N2C2CCCC2)c1. The van der Waals surface area contributed by atoms with Gasteiger partial charge in [0, 0.05) is 6.04 Å². The van der Waals surface area contributed by atoms with Gasteiger partial charge in [-0.15, -0.1) is 11.3 Å². The molecule has 4 rings (SSSR count). The van der Waals surface area contributed by atoms with Crippen molar-refractivity contribution < 1.29 is 14.7 Å². The van der Waals surface area contributed by atoms with Gasteiger partial charge in [-0.3, -0.25) is 9.59 Å². The lowest BCUT2D eigenvalue weighted by Gasteiger charge is -2.32. The highest BCUT2D eigenvalue weighted by Gasteiger charge is 2.47. The van der Waals surface area contributed by atoms with Crippen molar-refractivity contribution in [2.75, 3.05) is 0 Å². The Morgan fingerprint density at radius 3 is 2.62 bits per heavy atom. The van der Waals surface area contributed by atoms with E-state index < -0.39 is 11.9 Å². The van der Waals surface area contributed by atoms with Gasteiger partial charge < -0.3 is 10.0 Å². The maximum absolute atomic E-state index is 13.1. The Hall–Kier alpha value is -2.40. The molecule has 2 heterocycles. The van der Waals surface area contributed by atoms with Crippen molar-refractivity contribution >= 4 is 23.0 Å². The normalized spacial score (nSPS) is 21.0. The van der Waals surface area contributed by atoms with Crippen LogP contribution < -0.4 is 0 Å². The quantitative estimate of drug-likeness (QED) is 0.805. The third kappa shape index (κ3) is 2.76. The summed E-state index contributed by atoms with van der Waals surface area (Å²) in [5.41, 5.74) is 2.17. The molecule has 2 aliphatic rings. The molecule has 1 amide bonds. The molecule has 1 aromatic heterocycles. The summed E-state index contributed by atoms with van der Waals surface area (Å²) in [7, 11) is 0. The second-order valence-corrected chi connectivity index (χ2v) is 7.98. The summed E-state index contributed by atoms with van der Waals surface area (Å²) in [6, 6.07) is 11.0. The Morgan fingerprint density at radius 1 is 1.19 bits per heavy atom. The van der Waals surface area contributed by atoms with Crippen LogP contribution in [0.5, 0.6) is 0 Å². The number of amides is 1. The van der Waals surface area contributed by atoms with Gasteiger partial charge >= 0.3 is 0 Å². The zero-order chi connectivity index (χ0) is 18.3. The number of carbonyl (C=O) groups excluding carboxylic acids is 2. The van der Waals surface area contributed by atoms with Crippen molar-refractivity contribution in [3.8, 4) is 0 Å². The Bertz CT molecular complexity index is 878. The van der Waals surface area contributed by atoms with Crippen LogP contribution in [0.1, 0.15) is 52.5 Å². The van der Waals surface area contributed by atoms with E-state index in [0.29, 0.717) is 4.88 Å². The molecule has 1 aliphatic heterocycles. The molecule has 1 saturated carbocycles. The minimum atomic E-state index is -0.514. The second-order valence-electron chi connectivity index (χ2n) is 7.04. The van der Waals surface area contributed by atoms with E-state index in [0.717, 1.165) is 36.8 Å². The predicted octanol–water partition coefficient (Wildman–Crippen LogP) is 4.58. The average Bonchev–Trinajstić information content (AvgIpc) is 3.37. The minimum Gasteiger partial charge on any atom is -0.503 e. The Labute approximate surface area is 156 Å². The molecule has 1 unspecified atom stereocenters. The Kier molecular flexibility index (Phi) is 4.41. The number of hydrogen-bond acceptors (Lipinski definition) is 4. The topological polar surface area (TPSA) is 57.6 Å². The number of benzene rings is 1. The van der Waals surface area contributed by atoms with Crippen LogP contribution in [0, 0.1) is 6.92 Å². The van der Waals surface area contributed by atoms with Gasteiger partial charge in [-0.1, -0.05) is 48.7 Å². The molecule has 1 atom stereocenters. The average molecular weight is 367 g/mol. The van der Waals surface area contributed by atoms with Gasteiger partial charge in [0.1, 0.15) is 0 Å². The molecular weight excluding hydrogens is 346 g/mol. The number of aliphatic hydroxyl groups is 1. The van der Waals surface area contributed by atoms with Gasteiger partial charge in [0.25, 0.3) is 5.91 Å². The highest BCUT2D eigenvalue weighted by atomic mass is 32.1. The van der Waals surface area contributed by atoms with E-state index in [2.05, 4.69) is 0 Å². The summed E-state index contributed by atoms with van der Waals surface area (Å²) in [5, 5.41) is 12.5. The van der Waals surface area contributed by atoms with Gasteiger partial charge in [-0.05, 0) is 36.8 Å². The number of hydrogen-bond donors (Lipinski definition) is 1. The maximum Gasteiger partial charge on any atom is 0.290 e. The number of ketones is 1. The van der Waals surface area contributed by atoms with Crippen LogP contribution in [0.4, 0.5) is 0 Å². The molecule has 0 saturated heterocycles. The smallest absolute Gasteiger partial charge is 0.290 e. The summed E-state index contributed by atoms with van der Waals surface area (Å²) < 4.78 is 0. The Morgan fingerprint density at radius 2 is 1.96 bits per heavy atom. The fourth-order valence-corrected chi connectivity index (χ4v) is 4.80. The minimum absolute atomic E-state index is 0.0730. The van der Waals surface area contributed by atoms with E-state index in [9.17, 15) is 14.7 Å². The number of carbonyl (C=O) groups is 2. The number of nitrogens with zero attached hydrogens (tertiary/aromatic N) is 1. The summed E-state index contributed by atoms with van der Waals surface area (Å²) in [4.78, 5) is 28.3. The molecule has 26 heavy (non-hydrogen) atoms. The van der Waals surface area contributed by atoms with Crippen molar-refractivity contribution in [2.45, 2.75) is 44.7 Å². The molecule has 2 aromatic rings. The lowest BCUT2D eigenvalue weighted by Crippen LogP contribution is -2.38. The first-order valence-electron chi connectivity index (χ1n) is 8.98. The van der Waals surface area contributed by atoms with Crippen molar-refractivity contribution in [3.63, 3.8) is 0 Å². The van der Waals surface area contributed by atoms with Crippen LogP contribution in [-0.2, 0) is 4.79 Å². The zero-order valence-electron chi connectivity index (χ0n) is 14.6. The van der Waals surface area contributed by atoms with E-state index in [-0.39, 0.29) is 23.2 Å². The Balaban J connectivity index is 1.83. The summed E-state index contributed by atoms with van der Waals surface area (Å²) >= 11 is 1.33. The first-order chi connectivity index (χ1) is 12.6. The summed E-state index contributed by atoms with van der Waals surface area (Å²) in [6.45, 7) is 1.99. The lowest BCUT2D eigenvalue weighted by molar-refractivity contribution is -0.131. The molecule has 0 bridgehead atoms. The van der Waals surface area contributed by atoms with Gasteiger partial charge in [-0.25, -0.2) is 0 Å². The molecule has 0 spiro atoms. The number of thiophene rings is 1. The number of Topliss-reactive ketones (excluding diaryl/α,β-unsaturated/α-hetero) is 1. The van der Waals surface area contributed by atoms with Crippen molar-refractivity contribution in [1.82, 2.24) is 4.90 Å². The summed E-state index contributed by atoms with van der Waals surface area (Å²) in [6.07, 6.45) is 3.98. The molecular formula is C21H21NO3S. The largest absolute Gasteiger partial charge is 0.503 e. The van der Waals surface area contributed by atoms with Crippen molar-refractivity contribution in [2.24, 2.45) is 0 Å². The monoisotopic (exact) mass is 367 g/mol. The van der Waals surface area contributed by atoms with Gasteiger partial charge in [0.05, 0.1) is 16.5 Å². The third-order valence-electron chi connectivity index (χ3n) is 5.31. The number of aliphatic hydroxyl groups excluding tert-OH is 1. The molecule has 134 valence electrons. The third-order valence-corrected chi connectivity index (χ3v) is 6.18. The standard InChI is InChI=1S/C21H21NO3S/c1-13-6-4-7-14(12-13)18-17(19(23)16-10-5-11-26-16)20(24)21(25)22(18)15-8-2-3-9-15/h4-7,10-12,15,18,24H,2-3,8-9H2,1H3. The van der Waals surface area contributed by atoms with Crippen molar-refractivity contribution in [3.05, 3.63) is 69.1 Å². The first kappa shape index (κ1) is 17.0. The van der Waals surface area contributed by atoms with Gasteiger partial charge in [0.15, 0.2) is 5.76 Å². The van der Waals surface area contributed by atoms with E-state index in [1.807, 2.05) is 42.6 Å². The van der Waals surface area contributed by atoms with E-state index >= 15 is 0 Å². The summed E-state index contributed by atoms with van der Waals surface area (Å²) in [5.74, 6) is -1.05. The molecule has 1 aliphatic carbocycles. The number of rotatable bonds is 4.